The molecule has 7 nitrogen and oxygen atoms in total. The Labute approximate surface area is 158 Å². The molecule has 0 bridgehead atoms. The molecular formula is C20H23N5O2. The SMILES string of the molecule is COc1cc(-c2cccc(-c3ccn(CCN4CCOCC4)n3)c2)ncn1. The van der Waals surface area contributed by atoms with Gasteiger partial charge >= 0.3 is 0 Å². The van der Waals surface area contributed by atoms with Crippen molar-refractivity contribution in [3.8, 4) is 28.4 Å². The van der Waals surface area contributed by atoms with Crippen LogP contribution in [0.25, 0.3) is 22.5 Å². The highest BCUT2D eigenvalue weighted by atomic mass is 16.5. The predicted octanol–water partition coefficient (Wildman–Crippen LogP) is 2.35. The molecule has 0 saturated carbocycles. The molecule has 0 atom stereocenters. The molecule has 0 spiro atoms. The Kier molecular flexibility index (Phi) is 5.41. The average Bonchev–Trinajstić information content (AvgIpc) is 3.22. The summed E-state index contributed by atoms with van der Waals surface area (Å²) >= 11 is 0. The maximum absolute atomic E-state index is 5.39. The molecule has 27 heavy (non-hydrogen) atoms. The molecule has 1 aliphatic heterocycles. The maximum Gasteiger partial charge on any atom is 0.216 e. The minimum atomic E-state index is 0.554. The van der Waals surface area contributed by atoms with E-state index >= 15 is 0 Å². The van der Waals surface area contributed by atoms with Crippen LogP contribution in [-0.2, 0) is 11.3 Å². The van der Waals surface area contributed by atoms with E-state index in [9.17, 15) is 0 Å². The molecule has 0 radical (unpaired) electrons. The summed E-state index contributed by atoms with van der Waals surface area (Å²) in [6.07, 6.45) is 3.55. The lowest BCUT2D eigenvalue weighted by Crippen LogP contribution is -2.38. The number of nitrogens with zero attached hydrogens (tertiary/aromatic N) is 5. The second-order valence-corrected chi connectivity index (χ2v) is 6.44. The Bertz CT molecular complexity index is 889. The fourth-order valence-electron chi connectivity index (χ4n) is 3.16. The zero-order chi connectivity index (χ0) is 18.5. The average molecular weight is 365 g/mol. The predicted molar refractivity (Wildman–Crippen MR) is 103 cm³/mol. The third kappa shape index (κ3) is 4.32. The third-order valence-electron chi connectivity index (χ3n) is 4.69. The Morgan fingerprint density at radius 2 is 1.81 bits per heavy atom. The van der Waals surface area contributed by atoms with Gasteiger partial charge in [0.1, 0.15) is 6.33 Å². The van der Waals surface area contributed by atoms with Crippen LogP contribution in [0.4, 0.5) is 0 Å². The fourth-order valence-corrected chi connectivity index (χ4v) is 3.16. The van der Waals surface area contributed by atoms with Crippen molar-refractivity contribution in [1.82, 2.24) is 24.6 Å². The van der Waals surface area contributed by atoms with E-state index in [0.29, 0.717) is 5.88 Å². The van der Waals surface area contributed by atoms with Crippen molar-refractivity contribution in [3.63, 3.8) is 0 Å². The van der Waals surface area contributed by atoms with Crippen LogP contribution in [0.2, 0.25) is 0 Å². The van der Waals surface area contributed by atoms with Crippen molar-refractivity contribution in [2.24, 2.45) is 0 Å². The molecule has 1 aromatic carbocycles. The lowest BCUT2D eigenvalue weighted by Gasteiger charge is -2.26. The monoisotopic (exact) mass is 365 g/mol. The van der Waals surface area contributed by atoms with Crippen LogP contribution in [-0.4, -0.2) is 64.6 Å². The molecular weight excluding hydrogens is 342 g/mol. The van der Waals surface area contributed by atoms with E-state index in [4.69, 9.17) is 14.6 Å². The van der Waals surface area contributed by atoms with Gasteiger partial charge in [-0.05, 0) is 12.1 Å². The largest absolute Gasteiger partial charge is 0.481 e. The van der Waals surface area contributed by atoms with Crippen molar-refractivity contribution in [2.75, 3.05) is 40.0 Å². The van der Waals surface area contributed by atoms with Crippen LogP contribution in [0, 0.1) is 0 Å². The number of ether oxygens (including phenoxy) is 2. The molecule has 2 aromatic heterocycles. The number of morpholine rings is 1. The Balaban J connectivity index is 1.48. The number of rotatable bonds is 6. The second kappa shape index (κ2) is 8.28. The van der Waals surface area contributed by atoms with Crippen LogP contribution in [0.15, 0.2) is 48.9 Å². The van der Waals surface area contributed by atoms with Gasteiger partial charge in [0.25, 0.3) is 0 Å². The molecule has 0 unspecified atom stereocenters. The van der Waals surface area contributed by atoms with Gasteiger partial charge in [0.15, 0.2) is 0 Å². The summed E-state index contributed by atoms with van der Waals surface area (Å²) in [4.78, 5) is 10.8. The summed E-state index contributed by atoms with van der Waals surface area (Å²) in [5.74, 6) is 0.554. The maximum atomic E-state index is 5.39. The second-order valence-electron chi connectivity index (χ2n) is 6.44. The normalized spacial score (nSPS) is 15.0. The quantitative estimate of drug-likeness (QED) is 0.668. The van der Waals surface area contributed by atoms with E-state index < -0.39 is 0 Å². The molecule has 7 heteroatoms. The topological polar surface area (TPSA) is 65.3 Å². The van der Waals surface area contributed by atoms with Gasteiger partial charge in [-0.25, -0.2) is 9.97 Å². The zero-order valence-electron chi connectivity index (χ0n) is 15.4. The summed E-state index contributed by atoms with van der Waals surface area (Å²) < 4.78 is 12.6. The van der Waals surface area contributed by atoms with Gasteiger partial charge in [-0.1, -0.05) is 18.2 Å². The van der Waals surface area contributed by atoms with E-state index in [1.165, 1.54) is 6.33 Å². The van der Waals surface area contributed by atoms with E-state index in [-0.39, 0.29) is 0 Å². The lowest BCUT2D eigenvalue weighted by atomic mass is 10.1. The zero-order valence-corrected chi connectivity index (χ0v) is 15.4. The van der Waals surface area contributed by atoms with E-state index in [1.54, 1.807) is 7.11 Å². The third-order valence-corrected chi connectivity index (χ3v) is 4.69. The van der Waals surface area contributed by atoms with Gasteiger partial charge in [-0.3, -0.25) is 9.58 Å². The Morgan fingerprint density at radius 1 is 1.00 bits per heavy atom. The van der Waals surface area contributed by atoms with Gasteiger partial charge in [-0.15, -0.1) is 0 Å². The van der Waals surface area contributed by atoms with Gasteiger partial charge in [0, 0.05) is 43.0 Å². The van der Waals surface area contributed by atoms with Crippen molar-refractivity contribution in [2.45, 2.75) is 6.54 Å². The number of aromatic nitrogens is 4. The van der Waals surface area contributed by atoms with E-state index in [2.05, 4.69) is 33.1 Å². The van der Waals surface area contributed by atoms with Gasteiger partial charge in [-0.2, -0.15) is 5.10 Å². The lowest BCUT2D eigenvalue weighted by molar-refractivity contribution is 0.0360. The van der Waals surface area contributed by atoms with Gasteiger partial charge in [0.05, 0.1) is 38.3 Å². The van der Waals surface area contributed by atoms with Crippen LogP contribution in [0.3, 0.4) is 0 Å². The number of benzene rings is 1. The summed E-state index contributed by atoms with van der Waals surface area (Å²) in [5.41, 5.74) is 3.86. The molecule has 4 rings (SSSR count). The molecule has 3 aromatic rings. The number of methoxy groups -OCH3 is 1. The first kappa shape index (κ1) is 17.6. The molecule has 0 amide bonds. The first-order valence-corrected chi connectivity index (χ1v) is 9.12. The highest BCUT2D eigenvalue weighted by Crippen LogP contribution is 2.25. The minimum Gasteiger partial charge on any atom is -0.481 e. The summed E-state index contributed by atoms with van der Waals surface area (Å²) in [6.45, 7) is 5.52. The summed E-state index contributed by atoms with van der Waals surface area (Å²) in [7, 11) is 1.60. The smallest absolute Gasteiger partial charge is 0.216 e. The van der Waals surface area contributed by atoms with Crippen molar-refractivity contribution in [1.29, 1.82) is 0 Å². The molecule has 1 fully saturated rings. The van der Waals surface area contributed by atoms with Crippen LogP contribution < -0.4 is 4.74 Å². The number of hydrogen-bond donors (Lipinski definition) is 0. The van der Waals surface area contributed by atoms with Crippen molar-refractivity contribution < 1.29 is 9.47 Å². The van der Waals surface area contributed by atoms with Crippen LogP contribution >= 0.6 is 0 Å². The number of hydrogen-bond acceptors (Lipinski definition) is 6. The van der Waals surface area contributed by atoms with E-state index in [0.717, 1.165) is 61.9 Å². The summed E-state index contributed by atoms with van der Waals surface area (Å²) in [5, 5.41) is 4.73. The molecule has 140 valence electrons. The molecule has 1 aliphatic rings. The molecule has 0 N–H and O–H groups in total. The fraction of sp³-hybridized carbons (Fsp3) is 0.350. The van der Waals surface area contributed by atoms with Gasteiger partial charge in [0.2, 0.25) is 5.88 Å². The minimum absolute atomic E-state index is 0.554. The van der Waals surface area contributed by atoms with Crippen LogP contribution in [0.5, 0.6) is 5.88 Å². The molecule has 3 heterocycles. The Hall–Kier alpha value is -2.77. The van der Waals surface area contributed by atoms with Crippen LogP contribution in [0.1, 0.15) is 0 Å². The summed E-state index contributed by atoms with van der Waals surface area (Å²) in [6, 6.07) is 12.1. The molecule has 1 saturated heterocycles. The van der Waals surface area contributed by atoms with Crippen molar-refractivity contribution >= 4 is 0 Å². The first-order valence-electron chi connectivity index (χ1n) is 9.12. The first-order chi connectivity index (χ1) is 13.3. The van der Waals surface area contributed by atoms with Crippen molar-refractivity contribution in [3.05, 3.63) is 48.9 Å². The van der Waals surface area contributed by atoms with E-state index in [1.807, 2.05) is 29.1 Å². The molecule has 0 aliphatic carbocycles. The standard InChI is InChI=1S/C20H23N5O2/c1-26-20-14-19(21-15-22-20)17-4-2-3-16(13-17)18-5-6-25(23-18)8-7-24-9-11-27-12-10-24/h2-6,13-15H,7-12H2,1H3. The van der Waals surface area contributed by atoms with Gasteiger partial charge < -0.3 is 9.47 Å². The Morgan fingerprint density at radius 3 is 2.63 bits per heavy atom. The highest BCUT2D eigenvalue weighted by molar-refractivity contribution is 5.69. The highest BCUT2D eigenvalue weighted by Gasteiger charge is 2.11.